The number of aromatic nitrogens is 1. The summed E-state index contributed by atoms with van der Waals surface area (Å²) in [7, 11) is 0. The van der Waals surface area contributed by atoms with E-state index in [-0.39, 0.29) is 0 Å². The van der Waals surface area contributed by atoms with Gasteiger partial charge >= 0.3 is 0 Å². The van der Waals surface area contributed by atoms with Crippen LogP contribution in [0.1, 0.15) is 5.56 Å². The predicted octanol–water partition coefficient (Wildman–Crippen LogP) is 3.37. The van der Waals surface area contributed by atoms with Crippen LogP contribution in [0.3, 0.4) is 0 Å². The number of anilines is 2. The molecule has 3 rings (SSSR count). The number of pyridine rings is 1. The Kier molecular flexibility index (Phi) is 3.79. The molecule has 4 heteroatoms. The van der Waals surface area contributed by atoms with Gasteiger partial charge in [0.1, 0.15) is 5.15 Å². The van der Waals surface area contributed by atoms with Crippen LogP contribution in [-0.2, 0) is 0 Å². The van der Waals surface area contributed by atoms with Crippen molar-refractivity contribution in [3.63, 3.8) is 0 Å². The fraction of sp³-hybridized carbons (Fsp3) is 0.312. The highest BCUT2D eigenvalue weighted by Gasteiger charge is 2.18. The molecule has 1 saturated heterocycles. The minimum atomic E-state index is 0.564. The smallest absolute Gasteiger partial charge is 0.129 e. The van der Waals surface area contributed by atoms with Crippen molar-refractivity contribution in [2.24, 2.45) is 0 Å². The van der Waals surface area contributed by atoms with E-state index in [0.29, 0.717) is 5.15 Å². The number of piperazine rings is 1. The number of aryl methyl sites for hydroxylation is 1. The van der Waals surface area contributed by atoms with Gasteiger partial charge in [-0.05, 0) is 30.7 Å². The van der Waals surface area contributed by atoms with Crippen LogP contribution >= 0.6 is 11.6 Å². The average Bonchev–Trinajstić information content (AvgIpc) is 2.48. The minimum absolute atomic E-state index is 0.564. The number of halogens is 1. The molecule has 0 unspecified atom stereocenters. The molecule has 0 N–H and O–H groups in total. The maximum atomic E-state index is 5.92. The van der Waals surface area contributed by atoms with E-state index in [1.54, 1.807) is 0 Å². The summed E-state index contributed by atoms with van der Waals surface area (Å²) in [6.45, 7) is 6.18. The zero-order chi connectivity index (χ0) is 13.9. The second-order valence-electron chi connectivity index (χ2n) is 5.10. The maximum Gasteiger partial charge on any atom is 0.129 e. The summed E-state index contributed by atoms with van der Waals surface area (Å²) in [4.78, 5) is 9.02. The molecule has 0 saturated carbocycles. The summed E-state index contributed by atoms with van der Waals surface area (Å²) in [5.41, 5.74) is 3.69. The summed E-state index contributed by atoms with van der Waals surface area (Å²) in [5, 5.41) is 0.564. The van der Waals surface area contributed by atoms with Gasteiger partial charge in [0.05, 0.1) is 11.9 Å². The monoisotopic (exact) mass is 287 g/mol. The third-order valence-corrected chi connectivity index (χ3v) is 4.00. The van der Waals surface area contributed by atoms with Crippen molar-refractivity contribution >= 4 is 23.0 Å². The van der Waals surface area contributed by atoms with Crippen molar-refractivity contribution in [2.45, 2.75) is 6.92 Å². The van der Waals surface area contributed by atoms with Gasteiger partial charge in [-0.1, -0.05) is 29.8 Å². The van der Waals surface area contributed by atoms with Gasteiger partial charge in [0.25, 0.3) is 0 Å². The third kappa shape index (κ3) is 2.73. The lowest BCUT2D eigenvalue weighted by molar-refractivity contribution is 0.651. The zero-order valence-electron chi connectivity index (χ0n) is 11.6. The molecule has 20 heavy (non-hydrogen) atoms. The lowest BCUT2D eigenvalue weighted by Gasteiger charge is -2.37. The Bertz CT molecular complexity index is 578. The lowest BCUT2D eigenvalue weighted by atomic mass is 10.2. The van der Waals surface area contributed by atoms with E-state index in [1.165, 1.54) is 16.9 Å². The summed E-state index contributed by atoms with van der Waals surface area (Å²) >= 11 is 5.92. The molecule has 1 aliphatic heterocycles. The number of nitrogens with zero attached hydrogens (tertiary/aromatic N) is 3. The molecule has 0 aliphatic carbocycles. The second kappa shape index (κ2) is 5.71. The first-order chi connectivity index (χ1) is 9.74. The van der Waals surface area contributed by atoms with Crippen LogP contribution in [0.15, 0.2) is 42.6 Å². The van der Waals surface area contributed by atoms with E-state index < -0.39 is 0 Å². The molecule has 2 heterocycles. The first-order valence-electron chi connectivity index (χ1n) is 6.91. The minimum Gasteiger partial charge on any atom is -0.368 e. The number of para-hydroxylation sites is 1. The highest BCUT2D eigenvalue weighted by molar-refractivity contribution is 6.29. The third-order valence-electron chi connectivity index (χ3n) is 3.79. The van der Waals surface area contributed by atoms with Crippen molar-refractivity contribution in [3.8, 4) is 0 Å². The molecule has 0 bridgehead atoms. The van der Waals surface area contributed by atoms with Crippen LogP contribution in [0, 0.1) is 6.92 Å². The molecule has 0 atom stereocenters. The summed E-state index contributed by atoms with van der Waals surface area (Å²) in [5.74, 6) is 0. The first-order valence-corrected chi connectivity index (χ1v) is 7.29. The fourth-order valence-electron chi connectivity index (χ4n) is 2.69. The lowest BCUT2D eigenvalue weighted by Crippen LogP contribution is -2.46. The van der Waals surface area contributed by atoms with E-state index in [1.807, 2.05) is 12.3 Å². The van der Waals surface area contributed by atoms with Crippen molar-refractivity contribution in [3.05, 3.63) is 53.3 Å². The first kappa shape index (κ1) is 13.3. The summed E-state index contributed by atoms with van der Waals surface area (Å²) in [6.07, 6.45) is 1.88. The fourth-order valence-corrected chi connectivity index (χ4v) is 2.90. The summed E-state index contributed by atoms with van der Waals surface area (Å²) < 4.78 is 0. The molecule has 1 aromatic heterocycles. The van der Waals surface area contributed by atoms with Gasteiger partial charge < -0.3 is 9.80 Å². The van der Waals surface area contributed by atoms with Crippen molar-refractivity contribution in [1.82, 2.24) is 4.98 Å². The van der Waals surface area contributed by atoms with Crippen LogP contribution in [0.5, 0.6) is 0 Å². The molecule has 2 aromatic rings. The van der Waals surface area contributed by atoms with Crippen LogP contribution in [0.4, 0.5) is 11.4 Å². The van der Waals surface area contributed by atoms with Gasteiger partial charge in [0.2, 0.25) is 0 Å². The van der Waals surface area contributed by atoms with E-state index in [2.05, 4.69) is 52.0 Å². The molecule has 1 aliphatic rings. The number of hydrogen-bond acceptors (Lipinski definition) is 3. The van der Waals surface area contributed by atoms with Crippen molar-refractivity contribution in [1.29, 1.82) is 0 Å². The molecule has 0 radical (unpaired) electrons. The van der Waals surface area contributed by atoms with Gasteiger partial charge in [-0.2, -0.15) is 0 Å². The largest absolute Gasteiger partial charge is 0.368 e. The SMILES string of the molecule is Cc1cc(Cl)ncc1N1CCN(c2ccccc2)CC1. The topological polar surface area (TPSA) is 19.4 Å². The van der Waals surface area contributed by atoms with E-state index in [0.717, 1.165) is 26.2 Å². The van der Waals surface area contributed by atoms with Crippen molar-refractivity contribution in [2.75, 3.05) is 36.0 Å². The molecular formula is C16H18ClN3. The zero-order valence-corrected chi connectivity index (χ0v) is 12.3. The Labute approximate surface area is 124 Å². The molecule has 0 amide bonds. The van der Waals surface area contributed by atoms with Crippen LogP contribution in [0.2, 0.25) is 5.15 Å². The van der Waals surface area contributed by atoms with Crippen LogP contribution in [-0.4, -0.2) is 31.2 Å². The Hall–Kier alpha value is -1.74. The van der Waals surface area contributed by atoms with E-state index in [4.69, 9.17) is 11.6 Å². The quantitative estimate of drug-likeness (QED) is 0.790. The molecule has 3 nitrogen and oxygen atoms in total. The van der Waals surface area contributed by atoms with Gasteiger partial charge in [-0.15, -0.1) is 0 Å². The van der Waals surface area contributed by atoms with E-state index >= 15 is 0 Å². The molecule has 1 aromatic carbocycles. The standard InChI is InChI=1S/C16H18ClN3/c1-13-11-16(17)18-12-15(13)20-9-7-19(8-10-20)14-5-3-2-4-6-14/h2-6,11-12H,7-10H2,1H3. The average molecular weight is 288 g/mol. The molecule has 1 fully saturated rings. The van der Waals surface area contributed by atoms with Crippen molar-refractivity contribution < 1.29 is 0 Å². The van der Waals surface area contributed by atoms with Gasteiger partial charge in [0, 0.05) is 31.9 Å². The molecular weight excluding hydrogens is 270 g/mol. The molecule has 104 valence electrons. The van der Waals surface area contributed by atoms with E-state index in [9.17, 15) is 0 Å². The highest BCUT2D eigenvalue weighted by Crippen LogP contribution is 2.24. The second-order valence-corrected chi connectivity index (χ2v) is 5.49. The normalized spacial score (nSPS) is 15.5. The number of rotatable bonds is 2. The maximum absolute atomic E-state index is 5.92. The highest BCUT2D eigenvalue weighted by atomic mass is 35.5. The Morgan fingerprint density at radius 1 is 1.00 bits per heavy atom. The van der Waals surface area contributed by atoms with Crippen LogP contribution < -0.4 is 9.80 Å². The van der Waals surface area contributed by atoms with Crippen LogP contribution in [0.25, 0.3) is 0 Å². The number of hydrogen-bond donors (Lipinski definition) is 0. The van der Waals surface area contributed by atoms with Gasteiger partial charge in [-0.25, -0.2) is 4.98 Å². The summed E-state index contributed by atoms with van der Waals surface area (Å²) in [6, 6.07) is 12.5. The van der Waals surface area contributed by atoms with Gasteiger partial charge in [-0.3, -0.25) is 0 Å². The predicted molar refractivity (Wildman–Crippen MR) is 84.9 cm³/mol. The Morgan fingerprint density at radius 2 is 1.65 bits per heavy atom. The van der Waals surface area contributed by atoms with Gasteiger partial charge in [0.15, 0.2) is 0 Å². The Balaban J connectivity index is 1.69. The number of benzene rings is 1. The Morgan fingerprint density at radius 3 is 2.30 bits per heavy atom. The molecule has 0 spiro atoms.